The first-order valence-corrected chi connectivity index (χ1v) is 22.8. The largest absolute Gasteiger partial charge is 0.455 e. The predicted octanol–water partition coefficient (Wildman–Crippen LogP) is 18.0. The fourth-order valence-corrected chi connectivity index (χ4v) is 11.3. The summed E-state index contributed by atoms with van der Waals surface area (Å²) in [6, 6.07) is 86.2. The Morgan fingerprint density at radius 1 is 0.273 bits per heavy atom. The Bertz CT molecular complexity index is 4160. The minimum Gasteiger partial charge on any atom is -0.455 e. The number of benzene rings is 12. The number of rotatable bonds is 5. The van der Waals surface area contributed by atoms with Crippen LogP contribution in [0, 0.1) is 0 Å². The Labute approximate surface area is 380 Å². The van der Waals surface area contributed by atoms with Crippen molar-refractivity contribution in [1.82, 2.24) is 4.57 Å². The van der Waals surface area contributed by atoms with Crippen molar-refractivity contribution in [1.29, 1.82) is 0 Å². The van der Waals surface area contributed by atoms with Gasteiger partial charge in [0.15, 0.2) is 0 Å². The highest BCUT2D eigenvalue weighted by Crippen LogP contribution is 2.50. The molecule has 0 saturated heterocycles. The van der Waals surface area contributed by atoms with Gasteiger partial charge in [-0.3, -0.25) is 0 Å². The maximum Gasteiger partial charge on any atom is 0.143 e. The van der Waals surface area contributed by atoms with Gasteiger partial charge in [0.05, 0.1) is 11.0 Å². The molecule has 2 heterocycles. The molecule has 0 aliphatic carbocycles. The van der Waals surface area contributed by atoms with E-state index in [4.69, 9.17) is 4.42 Å². The van der Waals surface area contributed by atoms with Crippen LogP contribution in [0.2, 0.25) is 0 Å². The summed E-state index contributed by atoms with van der Waals surface area (Å²) < 4.78 is 9.61. The molecule has 14 aromatic rings. The lowest BCUT2D eigenvalue weighted by atomic mass is 9.85. The number of nitrogens with zero attached hydrogens (tertiary/aromatic N) is 1. The Hall–Kier alpha value is -8.72. The summed E-state index contributed by atoms with van der Waals surface area (Å²) in [5.74, 6) is 0. The normalized spacial score (nSPS) is 11.9. The highest BCUT2D eigenvalue weighted by Gasteiger charge is 2.24. The predicted molar refractivity (Wildman–Crippen MR) is 280 cm³/mol. The van der Waals surface area contributed by atoms with E-state index in [2.05, 4.69) is 241 Å². The molecule has 0 unspecified atom stereocenters. The molecule has 2 heteroatoms. The molecule has 0 amide bonds. The minimum atomic E-state index is 0.874. The average Bonchev–Trinajstić information content (AvgIpc) is 3.94. The molecule has 12 aromatic carbocycles. The molecular formula is C64H39NO. The molecule has 0 fully saturated rings. The molecule has 2 aromatic heterocycles. The van der Waals surface area contributed by atoms with Gasteiger partial charge < -0.3 is 8.98 Å². The number of fused-ring (bicyclic) bond motifs is 10. The van der Waals surface area contributed by atoms with Gasteiger partial charge in [-0.05, 0) is 101 Å². The van der Waals surface area contributed by atoms with E-state index in [1.807, 2.05) is 0 Å². The van der Waals surface area contributed by atoms with Crippen LogP contribution in [0.1, 0.15) is 0 Å². The lowest BCUT2D eigenvalue weighted by Crippen LogP contribution is -1.96. The lowest BCUT2D eigenvalue weighted by Gasteiger charge is -2.19. The molecule has 0 saturated carbocycles. The van der Waals surface area contributed by atoms with Gasteiger partial charge >= 0.3 is 0 Å². The van der Waals surface area contributed by atoms with E-state index >= 15 is 0 Å². The number of furan rings is 1. The van der Waals surface area contributed by atoms with Crippen LogP contribution in [-0.4, -0.2) is 4.57 Å². The Morgan fingerprint density at radius 3 is 1.30 bits per heavy atom. The van der Waals surface area contributed by atoms with Crippen LogP contribution in [0.15, 0.2) is 241 Å². The van der Waals surface area contributed by atoms with Crippen LogP contribution >= 0.6 is 0 Å². The van der Waals surface area contributed by atoms with Gasteiger partial charge in [0.1, 0.15) is 11.2 Å². The van der Waals surface area contributed by atoms with E-state index in [1.165, 1.54) is 98.3 Å². The Balaban J connectivity index is 1.01. The smallest absolute Gasteiger partial charge is 0.143 e. The molecule has 0 atom stereocenters. The van der Waals surface area contributed by atoms with Crippen molar-refractivity contribution in [2.24, 2.45) is 0 Å². The second-order valence-corrected chi connectivity index (χ2v) is 17.4. The van der Waals surface area contributed by atoms with Crippen LogP contribution in [0.4, 0.5) is 0 Å². The van der Waals surface area contributed by atoms with Gasteiger partial charge in [-0.2, -0.15) is 0 Å². The van der Waals surface area contributed by atoms with Crippen molar-refractivity contribution < 1.29 is 4.42 Å². The van der Waals surface area contributed by atoms with Crippen LogP contribution in [-0.2, 0) is 0 Å². The summed E-state index contributed by atoms with van der Waals surface area (Å²) in [7, 11) is 0. The van der Waals surface area contributed by atoms with E-state index in [1.54, 1.807) is 0 Å². The third-order valence-corrected chi connectivity index (χ3v) is 14.0. The highest BCUT2D eigenvalue weighted by molar-refractivity contribution is 6.27. The SMILES string of the molecule is c1ccc(-c2c3ccccc3c(-c3cccc4c3oc3cc(-c5c6ccccc6c(-c6cccc7c8ccccc8n(-c8ccccc8)c67)c6ccccc56)ccc34)c3ccccc23)cc1. The third-order valence-electron chi connectivity index (χ3n) is 14.0. The molecule has 2 nitrogen and oxygen atoms in total. The van der Waals surface area contributed by atoms with Crippen molar-refractivity contribution in [2.75, 3.05) is 0 Å². The molecule has 0 aliphatic heterocycles. The van der Waals surface area contributed by atoms with E-state index in [0.29, 0.717) is 0 Å². The van der Waals surface area contributed by atoms with Crippen molar-refractivity contribution in [3.05, 3.63) is 237 Å². The van der Waals surface area contributed by atoms with E-state index in [-0.39, 0.29) is 0 Å². The molecular weight excluding hydrogens is 799 g/mol. The van der Waals surface area contributed by atoms with Crippen molar-refractivity contribution in [3.63, 3.8) is 0 Å². The van der Waals surface area contributed by atoms with Crippen LogP contribution in [0.3, 0.4) is 0 Å². The van der Waals surface area contributed by atoms with E-state index in [9.17, 15) is 0 Å². The molecule has 0 spiro atoms. The minimum absolute atomic E-state index is 0.874. The zero-order valence-electron chi connectivity index (χ0n) is 35.9. The second-order valence-electron chi connectivity index (χ2n) is 17.4. The second kappa shape index (κ2) is 14.4. The average molecular weight is 838 g/mol. The summed E-state index contributed by atoms with van der Waals surface area (Å²) in [6.07, 6.45) is 0. The topological polar surface area (TPSA) is 18.1 Å². The molecule has 306 valence electrons. The first-order valence-electron chi connectivity index (χ1n) is 22.8. The Morgan fingerprint density at radius 2 is 0.712 bits per heavy atom. The molecule has 0 radical (unpaired) electrons. The summed E-state index contributed by atoms with van der Waals surface area (Å²) in [4.78, 5) is 0. The number of aromatic nitrogens is 1. The lowest BCUT2D eigenvalue weighted by molar-refractivity contribution is 0.670. The van der Waals surface area contributed by atoms with Crippen molar-refractivity contribution in [2.45, 2.75) is 0 Å². The molecule has 0 N–H and O–H groups in total. The summed E-state index contributed by atoms with van der Waals surface area (Å²) in [5, 5.41) is 14.4. The third kappa shape index (κ3) is 5.30. The zero-order chi connectivity index (χ0) is 43.3. The Kier molecular flexibility index (Phi) is 8.02. The highest BCUT2D eigenvalue weighted by atomic mass is 16.3. The van der Waals surface area contributed by atoms with Gasteiger partial charge in [-0.15, -0.1) is 0 Å². The maximum atomic E-state index is 7.16. The van der Waals surface area contributed by atoms with Gasteiger partial charge in [-0.25, -0.2) is 0 Å². The van der Waals surface area contributed by atoms with Crippen LogP contribution < -0.4 is 0 Å². The monoisotopic (exact) mass is 837 g/mol. The molecule has 0 aliphatic rings. The molecule has 14 rings (SSSR count). The van der Waals surface area contributed by atoms with E-state index < -0.39 is 0 Å². The number of hydrogen-bond donors (Lipinski definition) is 0. The van der Waals surface area contributed by atoms with Crippen molar-refractivity contribution >= 4 is 86.8 Å². The fourth-order valence-electron chi connectivity index (χ4n) is 11.3. The maximum absolute atomic E-state index is 7.16. The van der Waals surface area contributed by atoms with Gasteiger partial charge in [-0.1, -0.05) is 206 Å². The van der Waals surface area contributed by atoms with Crippen molar-refractivity contribution in [3.8, 4) is 50.2 Å². The zero-order valence-corrected chi connectivity index (χ0v) is 35.9. The molecule has 66 heavy (non-hydrogen) atoms. The quantitative estimate of drug-likeness (QED) is 0.158. The molecule has 0 bridgehead atoms. The van der Waals surface area contributed by atoms with Crippen LogP contribution in [0.25, 0.3) is 137 Å². The summed E-state index contributed by atoms with van der Waals surface area (Å²) in [5.41, 5.74) is 14.9. The van der Waals surface area contributed by atoms with Gasteiger partial charge in [0.2, 0.25) is 0 Å². The number of para-hydroxylation sites is 4. The van der Waals surface area contributed by atoms with Crippen LogP contribution in [0.5, 0.6) is 0 Å². The first-order chi connectivity index (χ1) is 32.8. The number of hydrogen-bond acceptors (Lipinski definition) is 1. The van der Waals surface area contributed by atoms with E-state index in [0.717, 1.165) is 38.8 Å². The standard InChI is InChI=1S/C64H39NO/c1-3-19-40(20-4-1)59-45-24-7-13-30-51(45)62(52-31-14-8-25-46(52)59)56-35-18-33-54-44-38-37-41(39-58(44)66-64(54)56)60-47-26-9-11-28-49(47)61(50-29-12-10-27-48(50)60)55-34-17-32-53-43-23-15-16-36-57(43)65(63(53)55)42-21-5-2-6-22-42/h1-39H. The van der Waals surface area contributed by atoms with Gasteiger partial charge in [0, 0.05) is 43.9 Å². The first kappa shape index (κ1) is 36.7. The summed E-state index contributed by atoms with van der Waals surface area (Å²) in [6.45, 7) is 0. The summed E-state index contributed by atoms with van der Waals surface area (Å²) >= 11 is 0. The van der Waals surface area contributed by atoms with Gasteiger partial charge in [0.25, 0.3) is 0 Å². The fraction of sp³-hybridized carbons (Fsp3) is 0.